The van der Waals surface area contributed by atoms with Crippen LogP contribution in [0, 0.1) is 0 Å². The lowest BCUT2D eigenvalue weighted by molar-refractivity contribution is -0.230. The van der Waals surface area contributed by atoms with Crippen molar-refractivity contribution in [3.8, 4) is 0 Å². The second-order valence-corrected chi connectivity index (χ2v) is 4.53. The molecule has 0 radical (unpaired) electrons. The van der Waals surface area contributed by atoms with Gasteiger partial charge in [0.2, 0.25) is 0 Å². The lowest BCUT2D eigenvalue weighted by Crippen LogP contribution is -2.35. The summed E-state index contributed by atoms with van der Waals surface area (Å²) in [5, 5.41) is 0. The summed E-state index contributed by atoms with van der Waals surface area (Å²) in [4.78, 5) is 0. The van der Waals surface area contributed by atoms with Crippen LogP contribution in [0.5, 0.6) is 0 Å². The predicted octanol–water partition coefficient (Wildman–Crippen LogP) is 3.16. The van der Waals surface area contributed by atoms with Crippen molar-refractivity contribution in [2.45, 2.75) is 51.6 Å². The minimum atomic E-state index is -0.0514. The molecule has 3 atom stereocenters. The van der Waals surface area contributed by atoms with E-state index in [1.54, 1.807) is 0 Å². The summed E-state index contributed by atoms with van der Waals surface area (Å²) < 4.78 is 11.3. The van der Waals surface area contributed by atoms with E-state index in [4.69, 9.17) is 9.47 Å². The van der Waals surface area contributed by atoms with Gasteiger partial charge in [-0.25, -0.2) is 0 Å². The highest BCUT2D eigenvalue weighted by atomic mass is 16.7. The molecule has 0 aliphatic carbocycles. The van der Waals surface area contributed by atoms with E-state index < -0.39 is 0 Å². The molecule has 2 heteroatoms. The normalized spacial score (nSPS) is 30.2. The van der Waals surface area contributed by atoms with Gasteiger partial charge in [-0.3, -0.25) is 0 Å². The summed E-state index contributed by atoms with van der Waals surface area (Å²) in [5.41, 5.74) is 1.39. The van der Waals surface area contributed by atoms with Crippen LogP contribution in [0.3, 0.4) is 0 Å². The second kappa shape index (κ2) is 5.46. The van der Waals surface area contributed by atoms with Crippen molar-refractivity contribution in [2.75, 3.05) is 0 Å². The van der Waals surface area contributed by atoms with Crippen LogP contribution in [-0.2, 0) is 15.9 Å². The summed E-state index contributed by atoms with van der Waals surface area (Å²) >= 11 is 0. The van der Waals surface area contributed by atoms with Crippen LogP contribution in [0.15, 0.2) is 30.3 Å². The topological polar surface area (TPSA) is 18.5 Å². The number of ether oxygens (including phenoxy) is 2. The average Bonchev–Trinajstić information content (AvgIpc) is 2.27. The number of hydrogen-bond donors (Lipinski definition) is 0. The molecule has 1 aliphatic heterocycles. The number of hydrogen-bond acceptors (Lipinski definition) is 2. The molecule has 0 N–H and O–H groups in total. The van der Waals surface area contributed by atoms with Crippen LogP contribution < -0.4 is 0 Å². The molecule has 16 heavy (non-hydrogen) atoms. The Bertz CT molecular complexity index is 300. The van der Waals surface area contributed by atoms with E-state index in [0.29, 0.717) is 12.2 Å². The Balaban J connectivity index is 1.81. The van der Waals surface area contributed by atoms with Gasteiger partial charge in [-0.05, 0) is 38.7 Å². The third-order valence-corrected chi connectivity index (χ3v) is 3.00. The van der Waals surface area contributed by atoms with Crippen LogP contribution in [0.25, 0.3) is 0 Å². The highest BCUT2D eigenvalue weighted by Gasteiger charge is 2.24. The first-order valence-corrected chi connectivity index (χ1v) is 6.09. The van der Waals surface area contributed by atoms with Crippen LogP contribution in [-0.4, -0.2) is 18.5 Å². The van der Waals surface area contributed by atoms with Gasteiger partial charge in [0.15, 0.2) is 6.29 Å². The standard InChI is InChI=1S/C14H20O2/c1-11-10-14(16-12(2)15-11)9-8-13-6-4-3-5-7-13/h3-7,11-12,14H,8-10H2,1-2H3/t11-,12-,14+/m0/s1. The minimum absolute atomic E-state index is 0.0514. The molecule has 0 bridgehead atoms. The van der Waals surface area contributed by atoms with Crippen molar-refractivity contribution >= 4 is 0 Å². The first-order valence-electron chi connectivity index (χ1n) is 6.09. The number of rotatable bonds is 3. The molecule has 0 saturated carbocycles. The zero-order valence-corrected chi connectivity index (χ0v) is 10.1. The maximum Gasteiger partial charge on any atom is 0.155 e. The van der Waals surface area contributed by atoms with Gasteiger partial charge in [-0.15, -0.1) is 0 Å². The van der Waals surface area contributed by atoms with Gasteiger partial charge in [0.05, 0.1) is 12.2 Å². The Hall–Kier alpha value is -0.860. The molecule has 1 aliphatic rings. The lowest BCUT2D eigenvalue weighted by atomic mass is 10.0. The molecule has 88 valence electrons. The first kappa shape index (κ1) is 11.6. The van der Waals surface area contributed by atoms with E-state index >= 15 is 0 Å². The fraction of sp³-hybridized carbons (Fsp3) is 0.571. The molecule has 1 heterocycles. The van der Waals surface area contributed by atoms with Gasteiger partial charge in [-0.1, -0.05) is 30.3 Å². The Morgan fingerprint density at radius 3 is 2.56 bits per heavy atom. The Morgan fingerprint density at radius 2 is 1.88 bits per heavy atom. The van der Waals surface area contributed by atoms with E-state index in [1.807, 2.05) is 6.92 Å². The van der Waals surface area contributed by atoms with Gasteiger partial charge < -0.3 is 9.47 Å². The second-order valence-electron chi connectivity index (χ2n) is 4.53. The Labute approximate surface area is 97.6 Å². The zero-order valence-electron chi connectivity index (χ0n) is 10.1. The van der Waals surface area contributed by atoms with Crippen LogP contribution >= 0.6 is 0 Å². The molecule has 1 saturated heterocycles. The van der Waals surface area contributed by atoms with E-state index in [2.05, 4.69) is 37.3 Å². The van der Waals surface area contributed by atoms with E-state index in [1.165, 1.54) is 5.56 Å². The largest absolute Gasteiger partial charge is 0.350 e. The summed E-state index contributed by atoms with van der Waals surface area (Å²) in [6.07, 6.45) is 3.80. The summed E-state index contributed by atoms with van der Waals surface area (Å²) in [6.45, 7) is 4.10. The van der Waals surface area contributed by atoms with Crippen molar-refractivity contribution in [3.63, 3.8) is 0 Å². The highest BCUT2D eigenvalue weighted by Crippen LogP contribution is 2.21. The van der Waals surface area contributed by atoms with Crippen molar-refractivity contribution in [3.05, 3.63) is 35.9 Å². The molecular formula is C14H20O2. The monoisotopic (exact) mass is 220 g/mol. The Morgan fingerprint density at radius 1 is 1.12 bits per heavy atom. The summed E-state index contributed by atoms with van der Waals surface area (Å²) in [7, 11) is 0. The van der Waals surface area contributed by atoms with E-state index in [9.17, 15) is 0 Å². The zero-order chi connectivity index (χ0) is 11.4. The van der Waals surface area contributed by atoms with Crippen molar-refractivity contribution in [1.82, 2.24) is 0 Å². The molecule has 1 aromatic rings. The van der Waals surface area contributed by atoms with Gasteiger partial charge in [-0.2, -0.15) is 0 Å². The highest BCUT2D eigenvalue weighted by molar-refractivity contribution is 5.14. The first-order chi connectivity index (χ1) is 7.74. The van der Waals surface area contributed by atoms with Crippen LogP contribution in [0.2, 0.25) is 0 Å². The molecular weight excluding hydrogens is 200 g/mol. The fourth-order valence-electron chi connectivity index (χ4n) is 2.27. The number of benzene rings is 1. The molecule has 2 nitrogen and oxygen atoms in total. The quantitative estimate of drug-likeness (QED) is 0.779. The molecule has 2 rings (SSSR count). The molecule has 0 aromatic heterocycles. The van der Waals surface area contributed by atoms with Gasteiger partial charge in [0, 0.05) is 0 Å². The van der Waals surface area contributed by atoms with Gasteiger partial charge in [0.1, 0.15) is 0 Å². The van der Waals surface area contributed by atoms with E-state index in [0.717, 1.165) is 19.3 Å². The third-order valence-electron chi connectivity index (χ3n) is 3.00. The van der Waals surface area contributed by atoms with Gasteiger partial charge in [0.25, 0.3) is 0 Å². The van der Waals surface area contributed by atoms with Crippen molar-refractivity contribution in [1.29, 1.82) is 0 Å². The summed E-state index contributed by atoms with van der Waals surface area (Å²) in [6, 6.07) is 10.6. The average molecular weight is 220 g/mol. The smallest absolute Gasteiger partial charge is 0.155 e. The molecule has 0 amide bonds. The molecule has 0 unspecified atom stereocenters. The van der Waals surface area contributed by atoms with Crippen molar-refractivity contribution in [2.24, 2.45) is 0 Å². The molecule has 1 aromatic carbocycles. The number of aryl methyl sites for hydroxylation is 1. The SMILES string of the molecule is C[C@@H]1O[C@H](CCc2ccccc2)C[C@H](C)O1. The van der Waals surface area contributed by atoms with Gasteiger partial charge >= 0.3 is 0 Å². The molecule has 0 spiro atoms. The minimum Gasteiger partial charge on any atom is -0.350 e. The predicted molar refractivity (Wildman–Crippen MR) is 64.3 cm³/mol. The van der Waals surface area contributed by atoms with Crippen LogP contribution in [0.1, 0.15) is 32.3 Å². The third kappa shape index (κ3) is 3.32. The fourth-order valence-corrected chi connectivity index (χ4v) is 2.27. The lowest BCUT2D eigenvalue weighted by Gasteiger charge is -2.32. The maximum absolute atomic E-state index is 5.76. The maximum atomic E-state index is 5.76. The summed E-state index contributed by atoms with van der Waals surface area (Å²) in [5.74, 6) is 0. The van der Waals surface area contributed by atoms with Crippen molar-refractivity contribution < 1.29 is 9.47 Å². The molecule has 1 fully saturated rings. The Kier molecular flexibility index (Phi) is 3.97. The van der Waals surface area contributed by atoms with Crippen LogP contribution in [0.4, 0.5) is 0 Å². The van der Waals surface area contributed by atoms with E-state index in [-0.39, 0.29) is 6.29 Å².